The summed E-state index contributed by atoms with van der Waals surface area (Å²) in [5, 5.41) is 17.0. The maximum atomic E-state index is 13.9. The van der Waals surface area contributed by atoms with Gasteiger partial charge in [-0.25, -0.2) is 21.5 Å². The second-order valence-electron chi connectivity index (χ2n) is 11.0. The third kappa shape index (κ3) is 9.69. The Kier molecular flexibility index (Phi) is 12.2. The Morgan fingerprint density at radius 1 is 0.952 bits per heavy atom. The van der Waals surface area contributed by atoms with Gasteiger partial charge in [0.05, 0.1) is 17.0 Å². The molecule has 10 heteroatoms. The molecule has 0 fully saturated rings. The lowest BCUT2D eigenvalue weighted by atomic mass is 10.00. The van der Waals surface area contributed by atoms with E-state index in [9.17, 15) is 27.1 Å². The van der Waals surface area contributed by atoms with Crippen molar-refractivity contribution in [2.24, 2.45) is 5.92 Å². The molecule has 228 valence electrons. The zero-order valence-electron chi connectivity index (χ0n) is 24.6. The molecule has 0 aliphatic carbocycles. The van der Waals surface area contributed by atoms with Gasteiger partial charge in [-0.05, 0) is 78.3 Å². The number of rotatable bonds is 15. The molecule has 0 aliphatic heterocycles. The number of hydrogen-bond donors (Lipinski definition) is 3. The first kappa shape index (κ1) is 33.3. The molecule has 1 amide bonds. The van der Waals surface area contributed by atoms with E-state index >= 15 is 0 Å². The smallest absolute Gasteiger partial charge is 0.251 e. The molecule has 7 nitrogen and oxygen atoms in total. The van der Waals surface area contributed by atoms with Gasteiger partial charge in [0.15, 0.2) is 0 Å². The number of aliphatic hydroxyl groups excluding tert-OH is 1. The van der Waals surface area contributed by atoms with Crippen LogP contribution in [-0.2, 0) is 29.4 Å². The van der Waals surface area contributed by atoms with Crippen LogP contribution in [0.25, 0.3) is 0 Å². The summed E-state index contributed by atoms with van der Waals surface area (Å²) in [5.41, 5.74) is 2.69. The molecule has 3 aromatic rings. The number of hydrogen-bond acceptors (Lipinski definition) is 5. The van der Waals surface area contributed by atoms with E-state index < -0.39 is 39.7 Å². The largest absolute Gasteiger partial charge is 0.390 e. The van der Waals surface area contributed by atoms with Crippen molar-refractivity contribution < 1.29 is 27.1 Å². The van der Waals surface area contributed by atoms with Gasteiger partial charge in [0, 0.05) is 38.3 Å². The molecule has 0 aliphatic rings. The quantitative estimate of drug-likeness (QED) is 0.235. The van der Waals surface area contributed by atoms with E-state index in [4.69, 9.17) is 0 Å². The molecule has 0 aromatic heterocycles. The van der Waals surface area contributed by atoms with E-state index in [1.54, 1.807) is 0 Å². The Balaban J connectivity index is 1.73. The third-order valence-corrected chi connectivity index (χ3v) is 8.96. The fourth-order valence-electron chi connectivity index (χ4n) is 4.50. The molecule has 0 heterocycles. The first-order chi connectivity index (χ1) is 19.9. The van der Waals surface area contributed by atoms with Crippen LogP contribution in [0.2, 0.25) is 0 Å². The highest BCUT2D eigenvalue weighted by Gasteiger charge is 2.25. The van der Waals surface area contributed by atoms with Crippen LogP contribution in [0.4, 0.5) is 8.78 Å². The molecule has 0 bridgehead atoms. The van der Waals surface area contributed by atoms with E-state index in [1.807, 2.05) is 32.0 Å². The van der Waals surface area contributed by atoms with Gasteiger partial charge in [-0.15, -0.1) is 0 Å². The summed E-state index contributed by atoms with van der Waals surface area (Å²) in [5.74, 6) is -1.71. The van der Waals surface area contributed by atoms with Gasteiger partial charge in [0.1, 0.15) is 11.6 Å². The van der Waals surface area contributed by atoms with Crippen molar-refractivity contribution >= 4 is 15.9 Å². The number of sulfonamides is 1. The average Bonchev–Trinajstić information content (AvgIpc) is 2.95. The predicted molar refractivity (Wildman–Crippen MR) is 161 cm³/mol. The van der Waals surface area contributed by atoms with E-state index in [1.165, 1.54) is 41.2 Å². The zero-order valence-corrected chi connectivity index (χ0v) is 25.4. The predicted octanol–water partition coefficient (Wildman–Crippen LogP) is 4.69. The van der Waals surface area contributed by atoms with Crippen LogP contribution < -0.4 is 10.6 Å². The SMILES string of the molecule is CCc1cccc(CNC[C@@H](O)[C@H](Cc2cc(F)cc(F)c2)NC(=O)c2ccc(S(=O)(=O)N(C)CCC(C)C)cc2)c1. The number of aliphatic hydroxyl groups is 1. The molecule has 0 radical (unpaired) electrons. The van der Waals surface area contributed by atoms with Gasteiger partial charge in [-0.1, -0.05) is 45.0 Å². The van der Waals surface area contributed by atoms with Crippen LogP contribution >= 0.6 is 0 Å². The van der Waals surface area contributed by atoms with Crippen LogP contribution in [-0.4, -0.2) is 56.0 Å². The number of aryl methyl sites for hydroxylation is 1. The molecule has 0 spiro atoms. The highest BCUT2D eigenvalue weighted by molar-refractivity contribution is 7.89. The molecule has 0 unspecified atom stereocenters. The average molecular weight is 602 g/mol. The molecular formula is C32H41F2N3O4S. The van der Waals surface area contributed by atoms with Crippen LogP contribution in [0.3, 0.4) is 0 Å². The summed E-state index contributed by atoms with van der Waals surface area (Å²) in [6, 6.07) is 15.8. The molecule has 3 aromatic carbocycles. The van der Waals surface area contributed by atoms with Crippen molar-refractivity contribution in [2.45, 2.75) is 63.6 Å². The molecular weight excluding hydrogens is 560 g/mol. The number of nitrogens with zero attached hydrogens (tertiary/aromatic N) is 1. The minimum atomic E-state index is -3.72. The van der Waals surface area contributed by atoms with Gasteiger partial charge < -0.3 is 15.7 Å². The van der Waals surface area contributed by atoms with Crippen LogP contribution in [0.1, 0.15) is 54.2 Å². The van der Waals surface area contributed by atoms with E-state index in [-0.39, 0.29) is 29.0 Å². The molecule has 3 rings (SSSR count). The van der Waals surface area contributed by atoms with E-state index in [2.05, 4.69) is 23.6 Å². The van der Waals surface area contributed by atoms with Gasteiger partial charge >= 0.3 is 0 Å². The number of halogens is 2. The first-order valence-corrected chi connectivity index (χ1v) is 15.6. The minimum Gasteiger partial charge on any atom is -0.390 e. The molecule has 0 saturated heterocycles. The number of nitrogens with one attached hydrogen (secondary N) is 2. The maximum Gasteiger partial charge on any atom is 0.251 e. The highest BCUT2D eigenvalue weighted by Crippen LogP contribution is 2.18. The number of carbonyl (C=O) groups is 1. The highest BCUT2D eigenvalue weighted by atomic mass is 32.2. The van der Waals surface area contributed by atoms with Gasteiger partial charge in [-0.3, -0.25) is 4.79 Å². The molecule has 2 atom stereocenters. The number of carbonyl (C=O) groups excluding carboxylic acids is 1. The third-order valence-electron chi connectivity index (χ3n) is 7.09. The van der Waals surface area contributed by atoms with Crippen molar-refractivity contribution in [3.63, 3.8) is 0 Å². The lowest BCUT2D eigenvalue weighted by Crippen LogP contribution is -2.48. The summed E-state index contributed by atoms with van der Waals surface area (Å²) >= 11 is 0. The molecule has 42 heavy (non-hydrogen) atoms. The Hall–Kier alpha value is -3.18. The summed E-state index contributed by atoms with van der Waals surface area (Å²) in [6.45, 7) is 7.08. The standard InChI is InChI=1S/C32H41F2N3O4S/c1-5-23-7-6-8-24(15-23)20-35-21-31(38)30(18-25-16-27(33)19-28(34)17-25)36-32(39)26-9-11-29(12-10-26)42(40,41)37(4)14-13-22(2)3/h6-12,15-17,19,22,30-31,35,38H,5,13-14,18,20-21H2,1-4H3,(H,36,39)/t30-,31+/m0/s1. The summed E-state index contributed by atoms with van der Waals surface area (Å²) in [6.07, 6.45) is 0.497. The Morgan fingerprint density at radius 2 is 1.60 bits per heavy atom. The van der Waals surface area contributed by atoms with E-state index in [0.29, 0.717) is 19.0 Å². The van der Waals surface area contributed by atoms with Gasteiger partial charge in [-0.2, -0.15) is 0 Å². The topological polar surface area (TPSA) is 98.7 Å². The van der Waals surface area contributed by atoms with Crippen molar-refractivity contribution in [1.82, 2.24) is 14.9 Å². The Bertz CT molecular complexity index is 1410. The van der Waals surface area contributed by atoms with Crippen LogP contribution in [0, 0.1) is 17.6 Å². The summed E-state index contributed by atoms with van der Waals surface area (Å²) < 4.78 is 54.9. The maximum absolute atomic E-state index is 13.9. The zero-order chi connectivity index (χ0) is 30.9. The van der Waals surface area contributed by atoms with Crippen LogP contribution in [0.5, 0.6) is 0 Å². The van der Waals surface area contributed by atoms with Crippen LogP contribution in [0.15, 0.2) is 71.6 Å². The lowest BCUT2D eigenvalue weighted by molar-refractivity contribution is 0.0829. The molecule has 3 N–H and O–H groups in total. The summed E-state index contributed by atoms with van der Waals surface area (Å²) in [7, 11) is -2.20. The van der Waals surface area contributed by atoms with Crippen molar-refractivity contribution in [3.8, 4) is 0 Å². The Labute approximate surface area is 248 Å². The monoisotopic (exact) mass is 601 g/mol. The summed E-state index contributed by atoms with van der Waals surface area (Å²) in [4.78, 5) is 13.2. The molecule has 0 saturated carbocycles. The van der Waals surface area contributed by atoms with Crippen molar-refractivity contribution in [2.75, 3.05) is 20.1 Å². The lowest BCUT2D eigenvalue weighted by Gasteiger charge is -2.25. The minimum absolute atomic E-state index is 0.0261. The first-order valence-electron chi connectivity index (χ1n) is 14.2. The van der Waals surface area contributed by atoms with Gasteiger partial charge in [0.25, 0.3) is 5.91 Å². The Morgan fingerprint density at radius 3 is 2.21 bits per heavy atom. The van der Waals surface area contributed by atoms with Gasteiger partial charge in [0.2, 0.25) is 10.0 Å². The number of benzene rings is 3. The second kappa shape index (κ2) is 15.3. The fourth-order valence-corrected chi connectivity index (χ4v) is 5.69. The second-order valence-corrected chi connectivity index (χ2v) is 13.0. The fraction of sp³-hybridized carbons (Fsp3) is 0.406. The van der Waals surface area contributed by atoms with Crippen molar-refractivity contribution in [1.29, 1.82) is 0 Å². The normalized spacial score (nSPS) is 13.4. The number of amides is 1. The van der Waals surface area contributed by atoms with Crippen molar-refractivity contribution in [3.05, 3.63) is 101 Å². The van der Waals surface area contributed by atoms with E-state index in [0.717, 1.165) is 36.6 Å².